The summed E-state index contributed by atoms with van der Waals surface area (Å²) in [6.07, 6.45) is -4.66. The lowest BCUT2D eigenvalue weighted by Gasteiger charge is -2.09. The van der Waals surface area contributed by atoms with Crippen LogP contribution in [0, 0.1) is 5.82 Å². The fourth-order valence-corrected chi connectivity index (χ4v) is 1.78. The molecule has 1 aromatic carbocycles. The van der Waals surface area contributed by atoms with E-state index in [0.29, 0.717) is 12.1 Å². The fourth-order valence-electron chi connectivity index (χ4n) is 1.56. The molecule has 0 atom stereocenters. The maximum absolute atomic E-state index is 13.1. The largest absolute Gasteiger partial charge is 0.416 e. The second kappa shape index (κ2) is 4.70. The van der Waals surface area contributed by atoms with Crippen molar-refractivity contribution < 1.29 is 17.6 Å². The van der Waals surface area contributed by atoms with Crippen molar-refractivity contribution >= 4 is 11.6 Å². The van der Waals surface area contributed by atoms with Crippen molar-refractivity contribution in [3.05, 3.63) is 57.1 Å². The molecule has 0 radical (unpaired) electrons. The first-order valence-corrected chi connectivity index (χ1v) is 5.42. The topological polar surface area (TPSA) is 32.9 Å². The van der Waals surface area contributed by atoms with Gasteiger partial charge in [-0.3, -0.25) is 4.79 Å². The number of H-pyrrole nitrogens is 1. The molecule has 0 saturated heterocycles. The van der Waals surface area contributed by atoms with E-state index in [1.54, 1.807) is 0 Å². The Kier molecular flexibility index (Phi) is 3.36. The summed E-state index contributed by atoms with van der Waals surface area (Å²) in [4.78, 5) is 13.4. The van der Waals surface area contributed by atoms with Gasteiger partial charge in [0.25, 0.3) is 0 Å². The molecule has 0 aliphatic carbocycles. The van der Waals surface area contributed by atoms with E-state index in [-0.39, 0.29) is 16.3 Å². The second-order valence-electron chi connectivity index (χ2n) is 3.77. The van der Waals surface area contributed by atoms with Gasteiger partial charge in [-0.25, -0.2) is 4.39 Å². The molecule has 2 rings (SSSR count). The van der Waals surface area contributed by atoms with E-state index < -0.39 is 23.1 Å². The molecule has 0 saturated carbocycles. The summed E-state index contributed by atoms with van der Waals surface area (Å²) in [5, 5.41) is 0.0383. The molecule has 7 heteroatoms. The molecule has 100 valence electrons. The van der Waals surface area contributed by atoms with Gasteiger partial charge in [0, 0.05) is 11.6 Å². The first-order valence-electron chi connectivity index (χ1n) is 5.04. The Hall–Kier alpha value is -1.82. The number of pyridine rings is 1. The van der Waals surface area contributed by atoms with Crippen molar-refractivity contribution in [2.75, 3.05) is 0 Å². The van der Waals surface area contributed by atoms with E-state index in [2.05, 4.69) is 4.98 Å². The van der Waals surface area contributed by atoms with Crippen molar-refractivity contribution in [3.63, 3.8) is 0 Å². The zero-order valence-corrected chi connectivity index (χ0v) is 9.94. The molecule has 1 aromatic heterocycles. The van der Waals surface area contributed by atoms with Gasteiger partial charge in [0.15, 0.2) is 0 Å². The summed E-state index contributed by atoms with van der Waals surface area (Å²) >= 11 is 5.78. The molecule has 0 amide bonds. The van der Waals surface area contributed by atoms with Crippen LogP contribution < -0.4 is 5.56 Å². The van der Waals surface area contributed by atoms with E-state index in [9.17, 15) is 22.4 Å². The van der Waals surface area contributed by atoms with Gasteiger partial charge >= 0.3 is 6.18 Å². The third-order valence-electron chi connectivity index (χ3n) is 2.39. The molecular formula is C12H6ClF4NO. The van der Waals surface area contributed by atoms with Gasteiger partial charge in [-0.1, -0.05) is 11.6 Å². The number of rotatable bonds is 1. The zero-order chi connectivity index (χ0) is 14.2. The van der Waals surface area contributed by atoms with Gasteiger partial charge in [-0.2, -0.15) is 13.2 Å². The van der Waals surface area contributed by atoms with Gasteiger partial charge in [0.2, 0.25) is 5.56 Å². The number of halogens is 5. The summed E-state index contributed by atoms with van der Waals surface area (Å²) in [7, 11) is 0. The van der Waals surface area contributed by atoms with Crippen LogP contribution in [0.25, 0.3) is 11.3 Å². The number of aromatic nitrogens is 1. The number of nitrogens with one attached hydrogen (secondary N) is 1. The number of hydrogen-bond donors (Lipinski definition) is 1. The lowest BCUT2D eigenvalue weighted by molar-refractivity contribution is -0.137. The molecule has 2 aromatic rings. The van der Waals surface area contributed by atoms with Crippen LogP contribution in [0.1, 0.15) is 5.56 Å². The van der Waals surface area contributed by atoms with Crippen LogP contribution >= 0.6 is 11.6 Å². The predicted octanol–water partition coefficient (Wildman–Crippen LogP) is 3.85. The lowest BCUT2D eigenvalue weighted by Crippen LogP contribution is -2.13. The van der Waals surface area contributed by atoms with Gasteiger partial charge in [-0.15, -0.1) is 0 Å². The number of alkyl halides is 3. The minimum absolute atomic E-state index is 0.00938. The Labute approximate surface area is 109 Å². The van der Waals surface area contributed by atoms with Crippen molar-refractivity contribution in [1.82, 2.24) is 4.98 Å². The maximum Gasteiger partial charge on any atom is 0.416 e. The second-order valence-corrected chi connectivity index (χ2v) is 4.18. The molecule has 0 aliphatic rings. The number of aromatic amines is 1. The van der Waals surface area contributed by atoms with Gasteiger partial charge in [-0.05, 0) is 24.3 Å². The van der Waals surface area contributed by atoms with Crippen LogP contribution in [0.3, 0.4) is 0 Å². The molecule has 1 N–H and O–H groups in total. The van der Waals surface area contributed by atoms with Gasteiger partial charge in [0.1, 0.15) is 5.82 Å². The Morgan fingerprint density at radius 3 is 2.42 bits per heavy atom. The van der Waals surface area contributed by atoms with Gasteiger partial charge in [0.05, 0.1) is 16.3 Å². The van der Waals surface area contributed by atoms with Crippen molar-refractivity contribution in [2.45, 2.75) is 6.18 Å². The molecule has 0 bridgehead atoms. The highest BCUT2D eigenvalue weighted by molar-refractivity contribution is 6.33. The van der Waals surface area contributed by atoms with Crippen molar-refractivity contribution in [3.8, 4) is 11.3 Å². The molecule has 19 heavy (non-hydrogen) atoms. The third kappa shape index (κ3) is 2.96. The van der Waals surface area contributed by atoms with Crippen LogP contribution in [-0.2, 0) is 6.18 Å². The summed E-state index contributed by atoms with van der Waals surface area (Å²) in [5.74, 6) is -0.669. The molecular weight excluding hydrogens is 286 g/mol. The highest BCUT2D eigenvalue weighted by Crippen LogP contribution is 2.32. The monoisotopic (exact) mass is 291 g/mol. The predicted molar refractivity (Wildman–Crippen MR) is 62.5 cm³/mol. The first kappa shape index (κ1) is 13.6. The van der Waals surface area contributed by atoms with E-state index in [1.165, 1.54) is 6.07 Å². The Morgan fingerprint density at radius 1 is 1.11 bits per heavy atom. The molecule has 2 nitrogen and oxygen atoms in total. The smallest absolute Gasteiger partial charge is 0.322 e. The molecule has 0 fully saturated rings. The normalized spacial score (nSPS) is 11.6. The molecule has 0 spiro atoms. The Bertz CT molecular complexity index is 678. The number of benzene rings is 1. The standard InChI is InChI=1S/C12H6ClF4NO/c13-9-2-1-7(14)5-8(9)10-3-6(12(15,16)17)4-11(19)18-10/h1-5H,(H,18,19). The van der Waals surface area contributed by atoms with Gasteiger partial charge < -0.3 is 4.98 Å². The lowest BCUT2D eigenvalue weighted by atomic mass is 10.1. The summed E-state index contributed by atoms with van der Waals surface area (Å²) in [6.45, 7) is 0. The molecule has 1 heterocycles. The maximum atomic E-state index is 13.1. The van der Waals surface area contributed by atoms with Crippen molar-refractivity contribution in [1.29, 1.82) is 0 Å². The highest BCUT2D eigenvalue weighted by Gasteiger charge is 2.31. The minimum atomic E-state index is -4.66. The average Bonchev–Trinajstić information content (AvgIpc) is 2.30. The van der Waals surface area contributed by atoms with Crippen molar-refractivity contribution in [2.24, 2.45) is 0 Å². The fraction of sp³-hybridized carbons (Fsp3) is 0.0833. The van der Waals surface area contributed by atoms with Crippen LogP contribution in [0.2, 0.25) is 5.02 Å². The number of hydrogen-bond acceptors (Lipinski definition) is 1. The quantitative estimate of drug-likeness (QED) is 0.795. The average molecular weight is 292 g/mol. The van der Waals surface area contributed by atoms with Crippen LogP contribution in [-0.4, -0.2) is 4.98 Å². The third-order valence-corrected chi connectivity index (χ3v) is 2.72. The first-order chi connectivity index (χ1) is 8.77. The Balaban J connectivity index is 2.66. The summed E-state index contributed by atoms with van der Waals surface area (Å²) < 4.78 is 50.8. The zero-order valence-electron chi connectivity index (χ0n) is 9.18. The molecule has 0 unspecified atom stereocenters. The van der Waals surface area contributed by atoms with E-state index >= 15 is 0 Å². The Morgan fingerprint density at radius 2 is 1.79 bits per heavy atom. The molecule has 0 aliphatic heterocycles. The van der Waals surface area contributed by atoms with Crippen LogP contribution in [0.15, 0.2) is 35.1 Å². The van der Waals surface area contributed by atoms with E-state index in [4.69, 9.17) is 11.6 Å². The minimum Gasteiger partial charge on any atom is -0.322 e. The van der Waals surface area contributed by atoms with E-state index in [0.717, 1.165) is 12.1 Å². The van der Waals surface area contributed by atoms with E-state index in [1.807, 2.05) is 0 Å². The summed E-state index contributed by atoms with van der Waals surface area (Å²) in [6, 6.07) is 4.36. The highest BCUT2D eigenvalue weighted by atomic mass is 35.5. The summed E-state index contributed by atoms with van der Waals surface area (Å²) in [5.41, 5.74) is -2.26. The van der Waals surface area contributed by atoms with Crippen LogP contribution in [0.5, 0.6) is 0 Å². The van der Waals surface area contributed by atoms with Crippen LogP contribution in [0.4, 0.5) is 17.6 Å². The SMILES string of the molecule is O=c1cc(C(F)(F)F)cc(-c2cc(F)ccc2Cl)[nH]1.